The number of hydrogen-bond donors (Lipinski definition) is 8. The lowest BCUT2D eigenvalue weighted by atomic mass is 10.3. The average Bonchev–Trinajstić information content (AvgIpc) is 2.35. The van der Waals surface area contributed by atoms with E-state index in [0.717, 1.165) is 0 Å². The van der Waals surface area contributed by atoms with Crippen LogP contribution in [-0.2, 0) is 0 Å². The van der Waals surface area contributed by atoms with E-state index in [-0.39, 0.29) is 0 Å². The molecule has 146 valence electrons. The van der Waals surface area contributed by atoms with E-state index >= 15 is 0 Å². The number of hydrogen-bond acceptors (Lipinski definition) is 8. The van der Waals surface area contributed by atoms with Crippen molar-refractivity contribution in [3.63, 3.8) is 0 Å². The monoisotopic (exact) mass is 372 g/mol. The molecule has 0 rings (SSSR count). The smallest absolute Gasteiger partial charge is 0.398 e. The Hall–Kier alpha value is -0.380. The summed E-state index contributed by atoms with van der Waals surface area (Å²) in [7, 11) is -8.38. The highest BCUT2D eigenvalue weighted by Crippen LogP contribution is 1.97. The van der Waals surface area contributed by atoms with Gasteiger partial charge in [-0.3, -0.25) is 17.3 Å². The van der Waals surface area contributed by atoms with Crippen molar-refractivity contribution in [1.29, 1.82) is 0 Å². The molecule has 0 aliphatic heterocycles. The lowest BCUT2D eigenvalue weighted by molar-refractivity contribution is -0.904. The molecule has 17 heteroatoms. The van der Waals surface area contributed by atoms with Gasteiger partial charge in [0.1, 0.15) is 0 Å². The predicted molar refractivity (Wildman–Crippen MR) is 83.0 cm³/mol. The van der Waals surface area contributed by atoms with E-state index < -0.39 is 29.6 Å². The highest BCUT2D eigenvalue weighted by atomic mass is 19.1. The number of quaternary nitrogens is 1. The second-order valence-corrected chi connectivity index (χ2v) is 3.81. The molecule has 0 atom stereocenters. The summed E-state index contributed by atoms with van der Waals surface area (Å²) < 4.78 is 41.7. The van der Waals surface area contributed by atoms with Crippen LogP contribution in [0.15, 0.2) is 0 Å². The van der Waals surface area contributed by atoms with Crippen molar-refractivity contribution < 1.29 is 61.9 Å². The number of halogens is 4. The molecule has 0 aromatic rings. The molecule has 24 heavy (non-hydrogen) atoms. The van der Waals surface area contributed by atoms with Crippen LogP contribution in [0.1, 0.15) is 20.8 Å². The average molecular weight is 372 g/mol. The summed E-state index contributed by atoms with van der Waals surface area (Å²) in [5.74, 6) is 0. The Balaban J connectivity index is -0.0000000657. The molecule has 9 nitrogen and oxygen atoms in total. The third-order valence-corrected chi connectivity index (χ3v) is 2.29. The Morgan fingerprint density at radius 1 is 0.542 bits per heavy atom. The van der Waals surface area contributed by atoms with Crippen LogP contribution in [0.4, 0.5) is 17.3 Å². The zero-order chi connectivity index (χ0) is 20.9. The minimum absolute atomic E-state index is 1.21. The molecule has 8 N–H and O–H groups in total. The van der Waals surface area contributed by atoms with Crippen LogP contribution in [0.3, 0.4) is 0 Å². The summed E-state index contributed by atoms with van der Waals surface area (Å²) >= 11 is 0. The van der Waals surface area contributed by atoms with Crippen LogP contribution in [-0.4, -0.2) is 101 Å². The predicted octanol–water partition coefficient (Wildman–Crippen LogP) is -2.81. The van der Waals surface area contributed by atoms with Gasteiger partial charge in [0.2, 0.25) is 0 Å². The fraction of sp³-hybridized carbons (Fsp3) is 1.00. The molecule has 0 aromatic carbocycles. The summed E-state index contributed by atoms with van der Waals surface area (Å²) in [6, 6.07) is 0. The lowest BCUT2D eigenvalue weighted by Gasteiger charge is -2.30. The summed E-state index contributed by atoms with van der Waals surface area (Å²) in [6.45, 7) is 10.5. The topological polar surface area (TPSA) is 162 Å². The van der Waals surface area contributed by atoms with E-state index in [4.69, 9.17) is 40.2 Å². The molecule has 0 unspecified atom stereocenters. The van der Waals surface area contributed by atoms with Crippen LogP contribution in [0.5, 0.6) is 0 Å². The van der Waals surface area contributed by atoms with Crippen molar-refractivity contribution in [1.82, 2.24) is 0 Å². The molecule has 0 heterocycles. The van der Waals surface area contributed by atoms with Gasteiger partial charge in [-0.25, -0.2) is 0 Å². The van der Waals surface area contributed by atoms with Gasteiger partial charge < -0.3 is 44.7 Å². The van der Waals surface area contributed by atoms with Gasteiger partial charge in [-0.1, -0.05) is 0 Å². The Morgan fingerprint density at radius 2 is 0.625 bits per heavy atom. The zero-order valence-corrected chi connectivity index (χ0v) is 14.0. The normalized spacial score (nSPS) is 8.50. The van der Waals surface area contributed by atoms with Crippen LogP contribution < -0.4 is 0 Å². The summed E-state index contributed by atoms with van der Waals surface area (Å²) in [5.41, 5.74) is 0. The largest absolute Gasteiger partial charge is 0.674 e. The molecule has 0 saturated heterocycles. The first-order valence-corrected chi connectivity index (χ1v) is 6.46. The number of nitrogens with zero attached hydrogens (tertiary/aromatic N) is 1. The highest BCUT2D eigenvalue weighted by Gasteiger charge is 2.10. The highest BCUT2D eigenvalue weighted by molar-refractivity contribution is 6.32. The minimum atomic E-state index is -2.67. The maximum Gasteiger partial charge on any atom is 0.674 e. The molecule has 0 spiro atoms. The van der Waals surface area contributed by atoms with Crippen molar-refractivity contribution in [2.45, 2.75) is 20.8 Å². The van der Waals surface area contributed by atoms with Gasteiger partial charge in [-0.15, -0.1) is 0 Å². The van der Waals surface area contributed by atoms with Gasteiger partial charge in [0.25, 0.3) is 0 Å². The first-order chi connectivity index (χ1) is 10.6. The van der Waals surface area contributed by atoms with Gasteiger partial charge in [-0.05, 0) is 20.8 Å². The fourth-order valence-corrected chi connectivity index (χ4v) is 0.671. The van der Waals surface area contributed by atoms with Gasteiger partial charge in [0, 0.05) is 0 Å². The summed E-state index contributed by atoms with van der Waals surface area (Å²) in [5, 5.41) is 55.6. The van der Waals surface area contributed by atoms with Crippen LogP contribution in [0, 0.1) is 0 Å². The molecular formula is C7H26B4F4NO8+. The molecule has 0 aromatic heterocycles. The van der Waals surface area contributed by atoms with Gasteiger partial charge in [0.05, 0.1) is 26.7 Å². The number of rotatable bonds is 3. The fourth-order valence-electron chi connectivity index (χ4n) is 0.671. The van der Waals surface area contributed by atoms with Gasteiger partial charge >= 0.3 is 29.6 Å². The molecule has 0 aliphatic carbocycles. The molecular weight excluding hydrogens is 345 g/mol. The second kappa shape index (κ2) is 24.9. The van der Waals surface area contributed by atoms with Crippen LogP contribution >= 0.6 is 0 Å². The van der Waals surface area contributed by atoms with Crippen molar-refractivity contribution in [3.05, 3.63) is 0 Å². The van der Waals surface area contributed by atoms with Crippen molar-refractivity contribution in [3.8, 4) is 0 Å². The third-order valence-electron chi connectivity index (χ3n) is 2.29. The van der Waals surface area contributed by atoms with Crippen molar-refractivity contribution in [2.24, 2.45) is 0 Å². The van der Waals surface area contributed by atoms with E-state index in [2.05, 4.69) is 27.8 Å². The summed E-state index contributed by atoms with van der Waals surface area (Å²) in [6.07, 6.45) is 0. The Kier molecular flexibility index (Phi) is 36.1. The van der Waals surface area contributed by atoms with Crippen LogP contribution in [0.2, 0.25) is 0 Å². The maximum atomic E-state index is 10.1. The molecule has 0 fully saturated rings. The minimum Gasteiger partial charge on any atom is -0.398 e. The summed E-state index contributed by atoms with van der Waals surface area (Å²) in [4.78, 5) is 0. The third kappa shape index (κ3) is 124. The van der Waals surface area contributed by atoms with Gasteiger partial charge in [-0.2, -0.15) is 0 Å². The lowest BCUT2D eigenvalue weighted by Crippen LogP contribution is -2.42. The zero-order valence-electron chi connectivity index (χ0n) is 14.0. The van der Waals surface area contributed by atoms with Gasteiger partial charge in [0.15, 0.2) is 0 Å². The quantitative estimate of drug-likeness (QED) is 0.150. The molecule has 0 amide bonds. The Morgan fingerprint density at radius 3 is 0.625 bits per heavy atom. The molecule has 0 aliphatic rings. The molecule has 0 saturated carbocycles. The second-order valence-electron chi connectivity index (χ2n) is 3.81. The standard InChI is InChI=1S/C7H18N.4BFH2O2/c1-5-8(4,6-2)7-3;4*2-1(3)4/h5-7H2,1-4H3;4*3-4H/q+1;;;;. The van der Waals surface area contributed by atoms with Crippen molar-refractivity contribution >= 4 is 29.6 Å². The van der Waals surface area contributed by atoms with E-state index in [1.54, 1.807) is 0 Å². The van der Waals surface area contributed by atoms with E-state index in [0.29, 0.717) is 0 Å². The Bertz CT molecular complexity index is 178. The maximum absolute atomic E-state index is 10.1. The van der Waals surface area contributed by atoms with Crippen molar-refractivity contribution in [2.75, 3.05) is 26.7 Å². The van der Waals surface area contributed by atoms with Crippen LogP contribution in [0.25, 0.3) is 0 Å². The Labute approximate surface area is 140 Å². The molecule has 0 bridgehead atoms. The van der Waals surface area contributed by atoms with E-state index in [9.17, 15) is 17.3 Å². The SMILES string of the molecule is CC[N+](C)(CC)CC.OB(O)F.OB(O)F.OB(O)F.OB(O)F. The first-order valence-electron chi connectivity index (χ1n) is 6.46. The van der Waals surface area contributed by atoms with E-state index in [1.807, 2.05) is 0 Å². The first kappa shape index (κ1) is 34.9. The molecule has 0 radical (unpaired) electrons. The van der Waals surface area contributed by atoms with E-state index in [1.165, 1.54) is 24.1 Å².